The highest BCUT2D eigenvalue weighted by atomic mass is 35.5. The van der Waals surface area contributed by atoms with Gasteiger partial charge >= 0.3 is 12.1 Å². The molecule has 0 saturated heterocycles. The summed E-state index contributed by atoms with van der Waals surface area (Å²) in [7, 11) is 0. The van der Waals surface area contributed by atoms with E-state index in [0.29, 0.717) is 6.42 Å². The molecule has 1 aromatic heterocycles. The van der Waals surface area contributed by atoms with Crippen molar-refractivity contribution in [3.63, 3.8) is 0 Å². The molecule has 3 aromatic rings. The molecule has 32 heavy (non-hydrogen) atoms. The lowest BCUT2D eigenvalue weighted by Crippen LogP contribution is -2.47. The van der Waals surface area contributed by atoms with Crippen molar-refractivity contribution < 1.29 is 23.8 Å². The molecular weight excluding hydrogens is 434 g/mol. The molecule has 8 nitrogen and oxygen atoms in total. The fourth-order valence-corrected chi connectivity index (χ4v) is 3.28. The first-order chi connectivity index (χ1) is 15.0. The molecule has 0 saturated carbocycles. The zero-order valence-electron chi connectivity index (χ0n) is 18.2. The van der Waals surface area contributed by atoms with Crippen molar-refractivity contribution in [3.05, 3.63) is 70.6 Å². The number of hydrogen-bond donors (Lipinski definition) is 2. The van der Waals surface area contributed by atoms with Crippen LogP contribution in [0.25, 0.3) is 11.5 Å². The zero-order chi connectivity index (χ0) is 23.5. The lowest BCUT2D eigenvalue weighted by molar-refractivity contribution is 0.0443. The largest absolute Gasteiger partial charge is 0.478 e. The number of carboxylic acids is 1. The Morgan fingerprint density at radius 3 is 2.41 bits per heavy atom. The van der Waals surface area contributed by atoms with Crippen molar-refractivity contribution in [2.75, 3.05) is 0 Å². The minimum absolute atomic E-state index is 0.0306. The van der Waals surface area contributed by atoms with Crippen LogP contribution in [0.5, 0.6) is 0 Å². The maximum atomic E-state index is 12.6. The first kappa shape index (κ1) is 23.3. The number of aromatic nitrogens is 2. The summed E-state index contributed by atoms with van der Waals surface area (Å²) in [5, 5.41) is 20.5. The molecule has 3 rings (SSSR count). The first-order valence-corrected chi connectivity index (χ1v) is 10.3. The fourth-order valence-electron chi connectivity index (χ4n) is 3.08. The number of carboxylic acid groups (broad SMARTS) is 1. The van der Waals surface area contributed by atoms with Crippen LogP contribution in [0.1, 0.15) is 49.5 Å². The number of rotatable bonds is 6. The highest BCUT2D eigenvalue weighted by Gasteiger charge is 2.37. The highest BCUT2D eigenvalue weighted by Crippen LogP contribution is 2.32. The van der Waals surface area contributed by atoms with Gasteiger partial charge in [-0.2, -0.15) is 0 Å². The maximum absolute atomic E-state index is 12.6. The van der Waals surface area contributed by atoms with Gasteiger partial charge in [0.2, 0.25) is 11.8 Å². The SMILES string of the molecule is CC(C)(C)OC(=O)N[C@](C)(Cc1ccccc1)c1nnc(-c2cc(C(=O)O)ccc2Cl)o1. The smallest absolute Gasteiger partial charge is 0.408 e. The Morgan fingerprint density at radius 1 is 1.09 bits per heavy atom. The Bertz CT molecular complexity index is 1120. The predicted molar refractivity (Wildman–Crippen MR) is 119 cm³/mol. The van der Waals surface area contributed by atoms with Gasteiger partial charge in [0.05, 0.1) is 16.1 Å². The zero-order valence-corrected chi connectivity index (χ0v) is 18.9. The summed E-state index contributed by atoms with van der Waals surface area (Å²) in [6.45, 7) is 7.05. The molecule has 1 atom stereocenters. The summed E-state index contributed by atoms with van der Waals surface area (Å²) < 4.78 is 11.3. The number of alkyl carbamates (subject to hydrolysis) is 1. The summed E-state index contributed by atoms with van der Waals surface area (Å²) in [5.74, 6) is -0.944. The van der Waals surface area contributed by atoms with Gasteiger partial charge in [0.15, 0.2) is 0 Å². The number of nitrogens with zero attached hydrogens (tertiary/aromatic N) is 2. The van der Waals surface area contributed by atoms with Gasteiger partial charge in [-0.05, 0) is 51.5 Å². The molecule has 0 fully saturated rings. The van der Waals surface area contributed by atoms with E-state index in [2.05, 4.69) is 15.5 Å². The van der Waals surface area contributed by atoms with E-state index in [1.807, 2.05) is 30.3 Å². The number of carbonyl (C=O) groups excluding carboxylic acids is 1. The Labute approximate surface area is 190 Å². The van der Waals surface area contributed by atoms with Gasteiger partial charge in [-0.25, -0.2) is 9.59 Å². The molecule has 0 aliphatic heterocycles. The predicted octanol–water partition coefficient (Wildman–Crippen LogP) is 5.07. The topological polar surface area (TPSA) is 115 Å². The van der Waals surface area contributed by atoms with Crippen LogP contribution < -0.4 is 5.32 Å². The molecule has 0 radical (unpaired) electrons. The van der Waals surface area contributed by atoms with Crippen molar-refractivity contribution in [3.8, 4) is 11.5 Å². The maximum Gasteiger partial charge on any atom is 0.408 e. The second-order valence-electron chi connectivity index (χ2n) is 8.53. The summed E-state index contributed by atoms with van der Waals surface area (Å²) in [4.78, 5) is 23.9. The Balaban J connectivity index is 1.99. The van der Waals surface area contributed by atoms with E-state index >= 15 is 0 Å². The normalized spacial score (nSPS) is 13.3. The minimum atomic E-state index is -1.11. The molecule has 0 aliphatic carbocycles. The third kappa shape index (κ3) is 5.64. The summed E-state index contributed by atoms with van der Waals surface area (Å²) in [5.41, 5.74) is -0.557. The molecule has 0 spiro atoms. The van der Waals surface area contributed by atoms with Crippen molar-refractivity contribution in [1.82, 2.24) is 15.5 Å². The number of halogens is 1. The Morgan fingerprint density at radius 2 is 1.78 bits per heavy atom. The number of benzene rings is 2. The molecule has 2 aromatic carbocycles. The van der Waals surface area contributed by atoms with Crippen LogP contribution in [0.2, 0.25) is 5.02 Å². The van der Waals surface area contributed by atoms with Crippen molar-refractivity contribution in [1.29, 1.82) is 0 Å². The van der Waals surface area contributed by atoms with Crippen LogP contribution in [0.3, 0.4) is 0 Å². The van der Waals surface area contributed by atoms with E-state index < -0.39 is 23.2 Å². The summed E-state index contributed by atoms with van der Waals surface area (Å²) >= 11 is 6.24. The lowest BCUT2D eigenvalue weighted by Gasteiger charge is -2.29. The van der Waals surface area contributed by atoms with Crippen molar-refractivity contribution in [2.45, 2.75) is 45.3 Å². The van der Waals surface area contributed by atoms with Crippen molar-refractivity contribution in [2.24, 2.45) is 0 Å². The third-order valence-electron chi connectivity index (χ3n) is 4.52. The molecule has 9 heteroatoms. The van der Waals surface area contributed by atoms with Gasteiger partial charge in [0, 0.05) is 6.42 Å². The van der Waals surface area contributed by atoms with Crippen molar-refractivity contribution >= 4 is 23.7 Å². The minimum Gasteiger partial charge on any atom is -0.478 e. The molecule has 168 valence electrons. The first-order valence-electron chi connectivity index (χ1n) is 9.89. The van der Waals surface area contributed by atoms with E-state index in [1.165, 1.54) is 18.2 Å². The standard InChI is InChI=1S/C23H24ClN3O5/c1-22(2,3)32-21(30)25-23(4,13-14-8-6-5-7-9-14)20-27-26-18(31-20)16-12-15(19(28)29)10-11-17(16)24/h5-12H,13H2,1-4H3,(H,25,30)(H,28,29)/t23-/m1/s1. The van der Waals surface area contributed by atoms with E-state index in [0.717, 1.165) is 5.56 Å². The molecule has 1 heterocycles. The molecule has 0 bridgehead atoms. The number of nitrogens with one attached hydrogen (secondary N) is 1. The fraction of sp³-hybridized carbons (Fsp3) is 0.304. The summed E-state index contributed by atoms with van der Waals surface area (Å²) in [6.07, 6.45) is -0.293. The molecule has 0 unspecified atom stereocenters. The van der Waals surface area contributed by atoms with Gasteiger partial charge in [-0.15, -0.1) is 10.2 Å². The number of amides is 1. The Hall–Kier alpha value is -3.39. The van der Waals surface area contributed by atoms with E-state index in [-0.39, 0.29) is 27.9 Å². The van der Waals surface area contributed by atoms with Crippen LogP contribution in [0.4, 0.5) is 4.79 Å². The molecular formula is C23H24ClN3O5. The van der Waals surface area contributed by atoms with Gasteiger partial charge in [0.1, 0.15) is 11.1 Å². The van der Waals surface area contributed by atoms with Crippen LogP contribution in [-0.4, -0.2) is 33.0 Å². The molecule has 1 amide bonds. The molecule has 2 N–H and O–H groups in total. The average molecular weight is 458 g/mol. The van der Waals surface area contributed by atoms with Crippen LogP contribution in [0, 0.1) is 0 Å². The second kappa shape index (κ2) is 9.00. The quantitative estimate of drug-likeness (QED) is 0.530. The van der Waals surface area contributed by atoms with Gasteiger partial charge in [-0.1, -0.05) is 41.9 Å². The lowest BCUT2D eigenvalue weighted by atomic mass is 9.92. The van der Waals surface area contributed by atoms with Crippen LogP contribution in [0.15, 0.2) is 52.9 Å². The van der Waals surface area contributed by atoms with Gasteiger partial charge < -0.3 is 19.6 Å². The van der Waals surface area contributed by atoms with E-state index in [9.17, 15) is 14.7 Å². The highest BCUT2D eigenvalue weighted by molar-refractivity contribution is 6.33. The monoisotopic (exact) mass is 457 g/mol. The third-order valence-corrected chi connectivity index (χ3v) is 4.85. The van der Waals surface area contributed by atoms with Gasteiger partial charge in [0.25, 0.3) is 0 Å². The number of carbonyl (C=O) groups is 2. The summed E-state index contributed by atoms with van der Waals surface area (Å²) in [6, 6.07) is 13.7. The van der Waals surface area contributed by atoms with E-state index in [4.69, 9.17) is 20.8 Å². The number of ether oxygens (including phenoxy) is 1. The van der Waals surface area contributed by atoms with E-state index in [1.54, 1.807) is 27.7 Å². The number of aromatic carboxylic acids is 1. The van der Waals surface area contributed by atoms with Crippen LogP contribution in [-0.2, 0) is 16.7 Å². The second-order valence-corrected chi connectivity index (χ2v) is 8.94. The Kier molecular flexibility index (Phi) is 6.55. The number of hydrogen-bond acceptors (Lipinski definition) is 6. The van der Waals surface area contributed by atoms with Gasteiger partial charge in [-0.3, -0.25) is 0 Å². The average Bonchev–Trinajstić information content (AvgIpc) is 3.18. The molecule has 0 aliphatic rings. The van der Waals surface area contributed by atoms with Crippen LogP contribution >= 0.6 is 11.6 Å².